The van der Waals surface area contributed by atoms with E-state index in [0.717, 1.165) is 5.56 Å². The molecular weight excluding hydrogens is 292 g/mol. The average Bonchev–Trinajstić information content (AvgIpc) is 2.51. The highest BCUT2D eigenvalue weighted by molar-refractivity contribution is 5.83. The minimum Gasteiger partial charge on any atom is -0.458 e. The molecule has 3 atom stereocenters. The lowest BCUT2D eigenvalue weighted by molar-refractivity contribution is -0.198. The number of carbonyl (C=O) groups excluding carboxylic acids is 1. The number of aliphatic hydroxyl groups excluding tert-OH is 1. The number of aliphatic hydroxyl groups is 1. The summed E-state index contributed by atoms with van der Waals surface area (Å²) >= 11 is 0. The minimum atomic E-state index is -0.757. The fourth-order valence-electron chi connectivity index (χ4n) is 2.14. The Balaban J connectivity index is 2.08. The summed E-state index contributed by atoms with van der Waals surface area (Å²) in [4.78, 5) is 11.8. The van der Waals surface area contributed by atoms with E-state index in [1.165, 1.54) is 6.08 Å². The second-order valence-electron chi connectivity index (χ2n) is 6.85. The molecule has 124 valence electrons. The van der Waals surface area contributed by atoms with Crippen molar-refractivity contribution in [3.8, 4) is 0 Å². The van der Waals surface area contributed by atoms with E-state index in [4.69, 9.17) is 9.47 Å². The van der Waals surface area contributed by atoms with Gasteiger partial charge in [0, 0.05) is 11.3 Å². The van der Waals surface area contributed by atoms with Gasteiger partial charge in [-0.15, -0.1) is 0 Å². The molecule has 1 heterocycles. The first-order valence-corrected chi connectivity index (χ1v) is 7.77. The van der Waals surface area contributed by atoms with Crippen LogP contribution in [-0.4, -0.2) is 23.5 Å². The number of hydrogen-bond acceptors (Lipinski definition) is 4. The van der Waals surface area contributed by atoms with Gasteiger partial charge < -0.3 is 14.6 Å². The largest absolute Gasteiger partial charge is 0.458 e. The van der Waals surface area contributed by atoms with Crippen molar-refractivity contribution in [1.29, 1.82) is 0 Å². The van der Waals surface area contributed by atoms with Crippen molar-refractivity contribution < 1.29 is 19.4 Å². The topological polar surface area (TPSA) is 55.8 Å². The Morgan fingerprint density at radius 3 is 2.43 bits per heavy atom. The van der Waals surface area contributed by atoms with Gasteiger partial charge in [0.05, 0.1) is 12.2 Å². The molecule has 0 aromatic heterocycles. The van der Waals surface area contributed by atoms with Gasteiger partial charge >= 0.3 is 5.97 Å². The number of carbonyl (C=O) groups is 1. The highest BCUT2D eigenvalue weighted by Gasteiger charge is 2.36. The second kappa shape index (κ2) is 7.01. The number of esters is 1. The molecule has 0 aliphatic carbocycles. The quantitative estimate of drug-likeness (QED) is 0.864. The lowest BCUT2D eigenvalue weighted by atomic mass is 9.94. The van der Waals surface area contributed by atoms with Crippen molar-refractivity contribution in [3.63, 3.8) is 0 Å². The zero-order chi connectivity index (χ0) is 17.0. The Morgan fingerprint density at radius 1 is 1.17 bits per heavy atom. The van der Waals surface area contributed by atoms with Gasteiger partial charge in [0.2, 0.25) is 6.29 Å². The third-order valence-electron chi connectivity index (χ3n) is 3.68. The highest BCUT2D eigenvalue weighted by Crippen LogP contribution is 2.31. The van der Waals surface area contributed by atoms with Gasteiger partial charge in [-0.2, -0.15) is 0 Å². The van der Waals surface area contributed by atoms with E-state index in [1.807, 2.05) is 64.1 Å². The molecule has 2 rings (SSSR count). The van der Waals surface area contributed by atoms with Crippen LogP contribution in [0.4, 0.5) is 0 Å². The molecule has 0 radical (unpaired) electrons. The predicted molar refractivity (Wildman–Crippen MR) is 89.1 cm³/mol. The summed E-state index contributed by atoms with van der Waals surface area (Å²) in [6.07, 6.45) is 3.46. The first-order valence-electron chi connectivity index (χ1n) is 7.77. The summed E-state index contributed by atoms with van der Waals surface area (Å²) in [5, 5.41) is 10.3. The van der Waals surface area contributed by atoms with Gasteiger partial charge in [-0.25, -0.2) is 4.79 Å². The summed E-state index contributed by atoms with van der Waals surface area (Å²) in [6.45, 7) is 7.63. The van der Waals surface area contributed by atoms with Crippen LogP contribution in [0.5, 0.6) is 0 Å². The van der Waals surface area contributed by atoms with Gasteiger partial charge in [0.1, 0.15) is 5.76 Å². The number of hydrogen-bond donors (Lipinski definition) is 1. The van der Waals surface area contributed by atoms with Crippen LogP contribution in [0.3, 0.4) is 0 Å². The molecule has 3 unspecified atom stereocenters. The van der Waals surface area contributed by atoms with E-state index < -0.39 is 18.4 Å². The molecule has 1 aromatic carbocycles. The van der Waals surface area contributed by atoms with Crippen LogP contribution in [0.25, 0.3) is 6.08 Å². The van der Waals surface area contributed by atoms with Crippen LogP contribution in [0, 0.1) is 11.3 Å². The molecule has 0 bridgehead atoms. The van der Waals surface area contributed by atoms with Crippen LogP contribution in [0.15, 0.2) is 48.2 Å². The first-order chi connectivity index (χ1) is 10.8. The van der Waals surface area contributed by atoms with E-state index in [-0.39, 0.29) is 11.3 Å². The molecule has 1 aliphatic rings. The SMILES string of the molecule is CC(C1=CC(=O)OC(C(C)(C)C)O1)C(O)/C=C/c1ccccc1. The Bertz CT molecular complexity index is 596. The molecule has 0 spiro atoms. The monoisotopic (exact) mass is 316 g/mol. The summed E-state index contributed by atoms with van der Waals surface area (Å²) in [6, 6.07) is 9.72. The van der Waals surface area contributed by atoms with Gasteiger partial charge in [-0.05, 0) is 5.56 Å². The van der Waals surface area contributed by atoms with Crippen LogP contribution in [0.1, 0.15) is 33.3 Å². The fraction of sp³-hybridized carbons (Fsp3) is 0.421. The highest BCUT2D eigenvalue weighted by atomic mass is 16.7. The predicted octanol–water partition coefficient (Wildman–Crippen LogP) is 3.53. The maximum atomic E-state index is 11.8. The maximum Gasteiger partial charge on any atom is 0.337 e. The van der Waals surface area contributed by atoms with Crippen molar-refractivity contribution in [1.82, 2.24) is 0 Å². The average molecular weight is 316 g/mol. The zero-order valence-corrected chi connectivity index (χ0v) is 14.0. The van der Waals surface area contributed by atoms with Gasteiger partial charge in [-0.3, -0.25) is 0 Å². The molecule has 0 saturated heterocycles. The van der Waals surface area contributed by atoms with Crippen molar-refractivity contribution in [2.45, 2.75) is 40.1 Å². The van der Waals surface area contributed by atoms with Crippen molar-refractivity contribution >= 4 is 12.0 Å². The molecule has 1 aliphatic heterocycles. The smallest absolute Gasteiger partial charge is 0.337 e. The Kier molecular flexibility index (Phi) is 5.26. The first kappa shape index (κ1) is 17.3. The minimum absolute atomic E-state index is 0.334. The zero-order valence-electron chi connectivity index (χ0n) is 14.0. The molecular formula is C19H24O4. The lowest BCUT2D eigenvalue weighted by Gasteiger charge is -2.35. The van der Waals surface area contributed by atoms with E-state index in [9.17, 15) is 9.90 Å². The molecule has 0 fully saturated rings. The van der Waals surface area contributed by atoms with E-state index in [2.05, 4.69) is 0 Å². The molecule has 23 heavy (non-hydrogen) atoms. The lowest BCUT2D eigenvalue weighted by Crippen LogP contribution is -2.38. The standard InChI is InChI=1S/C19H24O4/c1-13(15(20)11-10-14-8-6-5-7-9-14)16-12-17(21)23-18(22-16)19(2,3)4/h5-13,15,18,20H,1-4H3/b11-10+. The van der Waals surface area contributed by atoms with Gasteiger partial charge in [0.25, 0.3) is 0 Å². The van der Waals surface area contributed by atoms with Crippen LogP contribution in [0.2, 0.25) is 0 Å². The van der Waals surface area contributed by atoms with E-state index >= 15 is 0 Å². The summed E-state index contributed by atoms with van der Waals surface area (Å²) in [7, 11) is 0. The van der Waals surface area contributed by atoms with Crippen molar-refractivity contribution in [2.75, 3.05) is 0 Å². The van der Waals surface area contributed by atoms with Gasteiger partial charge in [0.15, 0.2) is 0 Å². The second-order valence-corrected chi connectivity index (χ2v) is 6.85. The van der Waals surface area contributed by atoms with Crippen molar-refractivity contribution in [2.24, 2.45) is 11.3 Å². The van der Waals surface area contributed by atoms with Crippen molar-refractivity contribution in [3.05, 3.63) is 53.8 Å². The normalized spacial score (nSPS) is 21.3. The number of rotatable bonds is 4. The Hall–Kier alpha value is -2.07. The summed E-state index contributed by atoms with van der Waals surface area (Å²) < 4.78 is 11.0. The van der Waals surface area contributed by atoms with E-state index in [1.54, 1.807) is 6.08 Å². The van der Waals surface area contributed by atoms with Crippen LogP contribution < -0.4 is 0 Å². The third-order valence-corrected chi connectivity index (χ3v) is 3.68. The fourth-order valence-corrected chi connectivity index (χ4v) is 2.14. The number of ether oxygens (including phenoxy) is 2. The summed E-state index contributed by atoms with van der Waals surface area (Å²) in [5.41, 5.74) is 0.670. The molecule has 0 saturated carbocycles. The molecule has 1 aromatic rings. The number of benzene rings is 1. The van der Waals surface area contributed by atoms with Crippen LogP contribution in [-0.2, 0) is 14.3 Å². The molecule has 1 N–H and O–H groups in total. The van der Waals surface area contributed by atoms with Crippen LogP contribution >= 0.6 is 0 Å². The molecule has 0 amide bonds. The Labute approximate surface area is 137 Å². The maximum absolute atomic E-state index is 11.8. The third kappa shape index (κ3) is 4.70. The number of cyclic esters (lactones) is 1. The van der Waals surface area contributed by atoms with E-state index in [0.29, 0.717) is 5.76 Å². The Morgan fingerprint density at radius 2 is 1.83 bits per heavy atom. The van der Waals surface area contributed by atoms with Gasteiger partial charge in [-0.1, -0.05) is 70.2 Å². The summed E-state index contributed by atoms with van der Waals surface area (Å²) in [5.74, 6) is -0.323. The molecule has 4 nitrogen and oxygen atoms in total. The molecule has 4 heteroatoms.